The van der Waals surface area contributed by atoms with Gasteiger partial charge >= 0.3 is 0 Å². The van der Waals surface area contributed by atoms with E-state index in [0.29, 0.717) is 5.92 Å². The lowest BCUT2D eigenvalue weighted by molar-refractivity contribution is -0.176. The Kier molecular flexibility index (Phi) is 16.4. The van der Waals surface area contributed by atoms with Crippen LogP contribution in [-0.4, -0.2) is 24.7 Å². The Hall–Kier alpha value is -0.328. The third-order valence-corrected chi connectivity index (χ3v) is 6.66. The molecule has 3 heteroatoms. The molecule has 1 aromatic rings. The zero-order chi connectivity index (χ0) is 14.4. The molecule has 0 heterocycles. The second-order valence-electron chi connectivity index (χ2n) is 4.66. The van der Waals surface area contributed by atoms with Gasteiger partial charge in [0, 0.05) is 0 Å². The Balaban J connectivity index is 0. The van der Waals surface area contributed by atoms with Crippen molar-refractivity contribution in [3.05, 3.63) is 35.9 Å². The number of benzene rings is 1. The molecule has 0 amide bonds. The largest absolute Gasteiger partial charge is 0.261 e. The standard InChI is InChI=1S/C9H12.3C2H5.Al.H2O2/c1-8(2)9-6-4-3-5-7-9;3*1-2;;1-2/h3-8H,1-2H3;3*1H2,2H3;;1-2H. The predicted octanol–water partition coefficient (Wildman–Crippen LogP) is 5.37. The van der Waals surface area contributed by atoms with Gasteiger partial charge in [0.25, 0.3) is 14.1 Å². The van der Waals surface area contributed by atoms with Gasteiger partial charge in [0.1, 0.15) is 0 Å². The van der Waals surface area contributed by atoms with Crippen LogP contribution in [0.2, 0.25) is 15.8 Å². The Morgan fingerprint density at radius 1 is 0.889 bits per heavy atom. The lowest BCUT2D eigenvalue weighted by Crippen LogP contribution is -2.04. The summed E-state index contributed by atoms with van der Waals surface area (Å²) in [5.74, 6) is 0.659. The van der Waals surface area contributed by atoms with Crippen LogP contribution in [0.25, 0.3) is 0 Å². The maximum absolute atomic E-state index is 6.00. The Morgan fingerprint density at radius 3 is 1.44 bits per heavy atom. The minimum Gasteiger partial charge on any atom is -0.255 e. The third-order valence-electron chi connectivity index (χ3n) is 3.20. The van der Waals surface area contributed by atoms with Crippen molar-refractivity contribution in [1.29, 1.82) is 0 Å². The van der Waals surface area contributed by atoms with Gasteiger partial charge < -0.3 is 0 Å². The lowest BCUT2D eigenvalue weighted by atomic mass is 10.0. The molecule has 0 aliphatic heterocycles. The fraction of sp³-hybridized carbons (Fsp3) is 0.600. The SMILES string of the molecule is CC(C)c1ccccc1.C[CH2][Al]([CH2]C)[CH2]C.OO. The maximum Gasteiger partial charge on any atom is 0.261 e. The van der Waals surface area contributed by atoms with E-state index in [1.54, 1.807) is 0 Å². The molecule has 0 aromatic heterocycles. The van der Waals surface area contributed by atoms with Gasteiger partial charge in [-0.25, -0.2) is 0 Å². The van der Waals surface area contributed by atoms with Gasteiger partial charge in [-0.3, -0.25) is 10.5 Å². The summed E-state index contributed by atoms with van der Waals surface area (Å²) in [7, 11) is 0. The van der Waals surface area contributed by atoms with E-state index in [1.165, 1.54) is 21.4 Å². The van der Waals surface area contributed by atoms with Crippen molar-refractivity contribution in [2.75, 3.05) is 0 Å². The van der Waals surface area contributed by atoms with Crippen LogP contribution in [0.3, 0.4) is 0 Å². The molecule has 0 aliphatic rings. The summed E-state index contributed by atoms with van der Waals surface area (Å²) in [4.78, 5) is 0. The Morgan fingerprint density at radius 2 is 1.28 bits per heavy atom. The minimum atomic E-state index is -0.171. The first kappa shape index (κ1) is 20.0. The monoisotopic (exact) mass is 268 g/mol. The Bertz CT molecular complexity index is 240. The zero-order valence-corrected chi connectivity index (χ0v) is 13.7. The molecule has 18 heavy (non-hydrogen) atoms. The highest BCUT2D eigenvalue weighted by molar-refractivity contribution is 6.58. The average molecular weight is 268 g/mol. The molecule has 2 nitrogen and oxygen atoms in total. The lowest BCUT2D eigenvalue weighted by Gasteiger charge is -2.01. The fourth-order valence-corrected chi connectivity index (χ4v) is 3.44. The summed E-state index contributed by atoms with van der Waals surface area (Å²) in [5.41, 5.74) is 1.41. The van der Waals surface area contributed by atoms with E-state index in [0.717, 1.165) is 0 Å². The molecular weight excluding hydrogens is 239 g/mol. The van der Waals surface area contributed by atoms with Crippen molar-refractivity contribution in [2.24, 2.45) is 0 Å². The molecule has 1 rings (SSSR count). The van der Waals surface area contributed by atoms with Gasteiger partial charge in [-0.05, 0) is 11.5 Å². The molecule has 1 aromatic carbocycles. The van der Waals surface area contributed by atoms with E-state index in [-0.39, 0.29) is 14.1 Å². The summed E-state index contributed by atoms with van der Waals surface area (Å²) in [6.45, 7) is 11.4. The molecule has 0 aliphatic carbocycles. The first-order valence-electron chi connectivity index (χ1n) is 6.90. The highest BCUT2D eigenvalue weighted by atomic mass is 27.2. The van der Waals surface area contributed by atoms with Crippen molar-refractivity contribution in [1.82, 2.24) is 0 Å². The van der Waals surface area contributed by atoms with Crippen LogP contribution < -0.4 is 0 Å². The van der Waals surface area contributed by atoms with Crippen molar-refractivity contribution in [3.63, 3.8) is 0 Å². The zero-order valence-electron chi connectivity index (χ0n) is 12.6. The van der Waals surface area contributed by atoms with Crippen LogP contribution in [0.5, 0.6) is 0 Å². The van der Waals surface area contributed by atoms with Crippen LogP contribution in [-0.2, 0) is 0 Å². The van der Waals surface area contributed by atoms with Gasteiger partial charge in [0.2, 0.25) is 0 Å². The van der Waals surface area contributed by atoms with Crippen molar-refractivity contribution < 1.29 is 10.5 Å². The number of rotatable bonds is 4. The van der Waals surface area contributed by atoms with Crippen molar-refractivity contribution >= 4 is 14.1 Å². The molecule has 0 saturated carbocycles. The maximum atomic E-state index is 6.00. The van der Waals surface area contributed by atoms with E-state index in [9.17, 15) is 0 Å². The molecule has 0 spiro atoms. The summed E-state index contributed by atoms with van der Waals surface area (Å²) in [5, 5.41) is 16.5. The highest BCUT2D eigenvalue weighted by Crippen LogP contribution is 2.11. The van der Waals surface area contributed by atoms with Gasteiger partial charge in [-0.2, -0.15) is 0 Å². The van der Waals surface area contributed by atoms with Gasteiger partial charge in [0.15, 0.2) is 0 Å². The van der Waals surface area contributed by atoms with Crippen LogP contribution in [0.4, 0.5) is 0 Å². The minimum absolute atomic E-state index is 0.171. The molecule has 0 saturated heterocycles. The second-order valence-corrected chi connectivity index (χ2v) is 8.84. The highest BCUT2D eigenvalue weighted by Gasteiger charge is 2.05. The molecule has 0 fully saturated rings. The van der Waals surface area contributed by atoms with Crippen LogP contribution in [0.1, 0.15) is 46.1 Å². The topological polar surface area (TPSA) is 40.5 Å². The number of hydrogen-bond acceptors (Lipinski definition) is 2. The molecule has 2 N–H and O–H groups in total. The van der Waals surface area contributed by atoms with Crippen LogP contribution in [0.15, 0.2) is 30.3 Å². The van der Waals surface area contributed by atoms with Crippen molar-refractivity contribution in [2.45, 2.75) is 56.4 Å². The Labute approximate surface area is 117 Å². The van der Waals surface area contributed by atoms with E-state index in [1.807, 2.05) is 6.07 Å². The summed E-state index contributed by atoms with van der Waals surface area (Å²) < 4.78 is 0. The van der Waals surface area contributed by atoms with E-state index in [2.05, 4.69) is 58.9 Å². The smallest absolute Gasteiger partial charge is 0.255 e. The molecular formula is C15H29AlO2. The first-order valence-corrected chi connectivity index (χ1v) is 9.35. The quantitative estimate of drug-likeness (QED) is 0.438. The predicted molar refractivity (Wildman–Crippen MR) is 83.0 cm³/mol. The van der Waals surface area contributed by atoms with Crippen LogP contribution in [0, 0.1) is 0 Å². The molecule has 104 valence electrons. The summed E-state index contributed by atoms with van der Waals surface area (Å²) >= 11 is -0.171. The van der Waals surface area contributed by atoms with E-state index < -0.39 is 0 Å². The van der Waals surface area contributed by atoms with E-state index >= 15 is 0 Å². The molecule has 0 atom stereocenters. The number of hydrogen-bond donors (Lipinski definition) is 2. The third kappa shape index (κ3) is 10.8. The first-order chi connectivity index (χ1) is 8.65. The second kappa shape index (κ2) is 14.7. The van der Waals surface area contributed by atoms with E-state index in [4.69, 9.17) is 10.5 Å². The van der Waals surface area contributed by atoms with Gasteiger partial charge in [0.05, 0.1) is 0 Å². The van der Waals surface area contributed by atoms with Gasteiger partial charge in [-0.1, -0.05) is 80.8 Å². The van der Waals surface area contributed by atoms with Gasteiger partial charge in [-0.15, -0.1) is 0 Å². The molecule has 0 unspecified atom stereocenters. The summed E-state index contributed by atoms with van der Waals surface area (Å²) in [6, 6.07) is 10.5. The van der Waals surface area contributed by atoms with Crippen molar-refractivity contribution in [3.8, 4) is 0 Å². The average Bonchev–Trinajstić information content (AvgIpc) is 2.44. The molecule has 0 radical (unpaired) electrons. The summed E-state index contributed by atoms with van der Waals surface area (Å²) in [6.07, 6.45) is 0. The fourth-order valence-electron chi connectivity index (χ4n) is 1.70. The van der Waals surface area contributed by atoms with Crippen LogP contribution >= 0.6 is 0 Å². The molecule has 0 bridgehead atoms. The normalized spacial score (nSPS) is 8.89.